The van der Waals surface area contributed by atoms with Gasteiger partial charge in [0.05, 0.1) is 11.7 Å². The molecule has 27 heavy (non-hydrogen) atoms. The molecule has 1 atom stereocenters. The maximum Gasteiger partial charge on any atom is 0.319 e. The van der Waals surface area contributed by atoms with Crippen molar-refractivity contribution in [1.82, 2.24) is 10.3 Å². The van der Waals surface area contributed by atoms with Crippen molar-refractivity contribution in [3.8, 4) is 5.75 Å². The van der Waals surface area contributed by atoms with Crippen LogP contribution in [0.4, 0.5) is 19.3 Å². The lowest BCUT2D eigenvalue weighted by Crippen LogP contribution is -2.41. The summed E-state index contributed by atoms with van der Waals surface area (Å²) in [4.78, 5) is 16.4. The lowest BCUT2D eigenvalue weighted by atomic mass is 10.1. The van der Waals surface area contributed by atoms with Crippen molar-refractivity contribution in [1.29, 1.82) is 0 Å². The quantitative estimate of drug-likeness (QED) is 0.671. The van der Waals surface area contributed by atoms with Gasteiger partial charge in [-0.15, -0.1) is 0 Å². The second-order valence-electron chi connectivity index (χ2n) is 5.99. The Morgan fingerprint density at radius 3 is 2.81 bits per heavy atom. The Morgan fingerprint density at radius 1 is 1.19 bits per heavy atom. The monoisotopic (exact) mass is 371 g/mol. The van der Waals surface area contributed by atoms with Gasteiger partial charge in [0.1, 0.15) is 12.4 Å². The van der Waals surface area contributed by atoms with E-state index in [1.165, 1.54) is 6.07 Å². The van der Waals surface area contributed by atoms with Crippen LogP contribution in [0.2, 0.25) is 0 Å². The minimum absolute atomic E-state index is 0.133. The van der Waals surface area contributed by atoms with Crippen LogP contribution in [-0.2, 0) is 0 Å². The summed E-state index contributed by atoms with van der Waals surface area (Å²) < 4.78 is 31.6. The first-order valence-corrected chi connectivity index (χ1v) is 8.55. The second-order valence-corrected chi connectivity index (χ2v) is 5.99. The first kappa shape index (κ1) is 18.6. The molecule has 140 valence electrons. The average Bonchev–Trinajstić information content (AvgIpc) is 2.68. The number of nitrogens with zero attached hydrogens (tertiary/aromatic N) is 1. The Balaban J connectivity index is 1.60. The van der Waals surface area contributed by atoms with Crippen LogP contribution < -0.4 is 15.4 Å². The van der Waals surface area contributed by atoms with E-state index in [1.807, 2.05) is 25.1 Å². The highest BCUT2D eigenvalue weighted by Crippen LogP contribution is 2.22. The summed E-state index contributed by atoms with van der Waals surface area (Å²) in [6.45, 7) is 2.03. The zero-order valence-electron chi connectivity index (χ0n) is 14.7. The third-order valence-electron chi connectivity index (χ3n) is 4.10. The zero-order valence-corrected chi connectivity index (χ0v) is 14.7. The van der Waals surface area contributed by atoms with E-state index >= 15 is 0 Å². The summed E-state index contributed by atoms with van der Waals surface area (Å²) in [6.07, 6.45) is 4.00. The molecule has 2 N–H and O–H groups in total. The van der Waals surface area contributed by atoms with Crippen molar-refractivity contribution >= 4 is 22.5 Å². The third kappa shape index (κ3) is 4.69. The fourth-order valence-corrected chi connectivity index (χ4v) is 2.60. The number of anilines is 1. The summed E-state index contributed by atoms with van der Waals surface area (Å²) in [7, 11) is 0. The maximum atomic E-state index is 13.2. The van der Waals surface area contributed by atoms with Gasteiger partial charge < -0.3 is 15.4 Å². The fourth-order valence-electron chi connectivity index (χ4n) is 2.60. The van der Waals surface area contributed by atoms with E-state index in [-0.39, 0.29) is 24.4 Å². The molecule has 3 aromatic rings. The molecule has 1 aromatic heterocycles. The molecule has 7 heteroatoms. The standard InChI is InChI=1S/C20H19F2N3O2/c1-2-14(12-27-15-6-7-17(21)18(22)10-15)24-20(26)25-19-5-3-4-13-11-23-9-8-16(13)19/h3-11,14H,2,12H2,1H3,(H2,24,25,26)/t14-/m0/s1. The van der Waals surface area contributed by atoms with Crippen LogP contribution in [0.3, 0.4) is 0 Å². The molecule has 3 rings (SSSR count). The summed E-state index contributed by atoms with van der Waals surface area (Å²) in [6, 6.07) is 10.0. The topological polar surface area (TPSA) is 63.2 Å². The number of urea groups is 1. The second kappa shape index (κ2) is 8.44. The first-order valence-electron chi connectivity index (χ1n) is 8.55. The predicted octanol–water partition coefficient (Wildman–Crippen LogP) is 4.49. The van der Waals surface area contributed by atoms with E-state index in [0.29, 0.717) is 12.1 Å². The van der Waals surface area contributed by atoms with Crippen molar-refractivity contribution in [3.63, 3.8) is 0 Å². The van der Waals surface area contributed by atoms with Gasteiger partial charge in [0.25, 0.3) is 0 Å². The molecule has 0 radical (unpaired) electrons. The Hall–Kier alpha value is -3.22. The van der Waals surface area contributed by atoms with Crippen LogP contribution in [0.5, 0.6) is 5.75 Å². The molecule has 0 saturated heterocycles. The van der Waals surface area contributed by atoms with Gasteiger partial charge in [0, 0.05) is 29.2 Å². The molecule has 0 unspecified atom stereocenters. The normalized spacial score (nSPS) is 11.8. The van der Waals surface area contributed by atoms with Gasteiger partial charge in [0.2, 0.25) is 0 Å². The van der Waals surface area contributed by atoms with Crippen molar-refractivity contribution in [2.75, 3.05) is 11.9 Å². The molecule has 0 aliphatic carbocycles. The average molecular weight is 371 g/mol. The molecule has 2 amide bonds. The number of fused-ring (bicyclic) bond motifs is 1. The van der Waals surface area contributed by atoms with Crippen LogP contribution in [0.1, 0.15) is 13.3 Å². The van der Waals surface area contributed by atoms with Crippen LogP contribution in [-0.4, -0.2) is 23.7 Å². The van der Waals surface area contributed by atoms with E-state index in [4.69, 9.17) is 4.74 Å². The number of carbonyl (C=O) groups excluding carboxylic acids is 1. The summed E-state index contributed by atoms with van der Waals surface area (Å²) in [5.74, 6) is -1.70. The molecule has 1 heterocycles. The predicted molar refractivity (Wildman–Crippen MR) is 99.8 cm³/mol. The van der Waals surface area contributed by atoms with E-state index in [9.17, 15) is 13.6 Å². The lowest BCUT2D eigenvalue weighted by Gasteiger charge is -2.18. The third-order valence-corrected chi connectivity index (χ3v) is 4.10. The highest BCUT2D eigenvalue weighted by atomic mass is 19.2. The van der Waals surface area contributed by atoms with Crippen molar-refractivity contribution in [2.45, 2.75) is 19.4 Å². The van der Waals surface area contributed by atoms with Gasteiger partial charge in [-0.1, -0.05) is 19.1 Å². The van der Waals surface area contributed by atoms with E-state index < -0.39 is 11.6 Å². The zero-order chi connectivity index (χ0) is 19.2. The number of hydrogen-bond donors (Lipinski definition) is 2. The van der Waals surface area contributed by atoms with E-state index in [2.05, 4.69) is 15.6 Å². The minimum Gasteiger partial charge on any atom is -0.491 e. The minimum atomic E-state index is -0.975. The first-order chi connectivity index (χ1) is 13.1. The van der Waals surface area contributed by atoms with Crippen molar-refractivity contribution < 1.29 is 18.3 Å². The number of amides is 2. The van der Waals surface area contributed by atoms with Crippen LogP contribution in [0.25, 0.3) is 10.8 Å². The SMILES string of the molecule is CC[C@@H](COc1ccc(F)c(F)c1)NC(=O)Nc1cccc2cnccc12. The van der Waals surface area contributed by atoms with Crippen LogP contribution >= 0.6 is 0 Å². The van der Waals surface area contributed by atoms with Crippen LogP contribution in [0, 0.1) is 11.6 Å². The smallest absolute Gasteiger partial charge is 0.319 e. The largest absolute Gasteiger partial charge is 0.491 e. The summed E-state index contributed by atoms with van der Waals surface area (Å²) >= 11 is 0. The Kier molecular flexibility index (Phi) is 5.80. The highest BCUT2D eigenvalue weighted by molar-refractivity contribution is 6.01. The van der Waals surface area contributed by atoms with Gasteiger partial charge in [0.15, 0.2) is 11.6 Å². The number of ether oxygens (including phenoxy) is 1. The maximum absolute atomic E-state index is 13.2. The number of benzene rings is 2. The van der Waals surface area contributed by atoms with Crippen molar-refractivity contribution in [3.05, 3.63) is 66.5 Å². The number of rotatable bonds is 6. The Morgan fingerprint density at radius 2 is 2.04 bits per heavy atom. The summed E-state index contributed by atoms with van der Waals surface area (Å²) in [5, 5.41) is 7.44. The number of pyridine rings is 1. The molecule has 2 aromatic carbocycles. The number of hydrogen-bond acceptors (Lipinski definition) is 3. The number of halogens is 2. The Bertz CT molecular complexity index is 944. The number of aromatic nitrogens is 1. The fraction of sp³-hybridized carbons (Fsp3) is 0.200. The van der Waals surface area contributed by atoms with E-state index in [1.54, 1.807) is 18.5 Å². The molecule has 0 aliphatic rings. The molecular weight excluding hydrogens is 352 g/mol. The molecule has 0 bridgehead atoms. The van der Waals surface area contributed by atoms with Gasteiger partial charge in [-0.05, 0) is 30.7 Å². The number of carbonyl (C=O) groups is 1. The van der Waals surface area contributed by atoms with E-state index in [0.717, 1.165) is 22.9 Å². The summed E-state index contributed by atoms with van der Waals surface area (Å²) in [5.41, 5.74) is 0.670. The Labute approximate surface area is 155 Å². The number of nitrogens with one attached hydrogen (secondary N) is 2. The van der Waals surface area contributed by atoms with Gasteiger partial charge >= 0.3 is 6.03 Å². The van der Waals surface area contributed by atoms with Crippen molar-refractivity contribution in [2.24, 2.45) is 0 Å². The molecule has 0 saturated carbocycles. The molecule has 0 fully saturated rings. The molecular formula is C20H19F2N3O2. The molecule has 0 aliphatic heterocycles. The molecule has 0 spiro atoms. The van der Waals surface area contributed by atoms with Gasteiger partial charge in [-0.2, -0.15) is 0 Å². The lowest BCUT2D eigenvalue weighted by molar-refractivity contribution is 0.231. The highest BCUT2D eigenvalue weighted by Gasteiger charge is 2.13. The van der Waals surface area contributed by atoms with Gasteiger partial charge in [-0.25, -0.2) is 13.6 Å². The van der Waals surface area contributed by atoms with Crippen LogP contribution in [0.15, 0.2) is 54.9 Å². The van der Waals surface area contributed by atoms with Gasteiger partial charge in [-0.3, -0.25) is 4.98 Å². The molecule has 5 nitrogen and oxygen atoms in total.